The maximum Gasteiger partial charge on any atom is 0.123 e. The molecule has 1 aromatic rings. The highest BCUT2D eigenvalue weighted by Gasteiger charge is 2.39. The number of halogens is 1. The molecule has 82 valence electrons. The fourth-order valence-corrected chi connectivity index (χ4v) is 1.83. The van der Waals surface area contributed by atoms with Crippen molar-refractivity contribution in [2.75, 3.05) is 0 Å². The standard InChI is InChI=1S/C13H17FO/c14-12-6-4-11(5-7-12)3-1-2-8-13(15)9-10-13/h4-7,15H,1-3,8-10H2. The van der Waals surface area contributed by atoms with E-state index in [0.717, 1.165) is 38.5 Å². The van der Waals surface area contributed by atoms with E-state index in [2.05, 4.69) is 0 Å². The number of hydrogen-bond donors (Lipinski definition) is 1. The zero-order valence-corrected chi connectivity index (χ0v) is 8.88. The molecule has 1 aromatic carbocycles. The van der Waals surface area contributed by atoms with E-state index in [-0.39, 0.29) is 11.4 Å². The topological polar surface area (TPSA) is 20.2 Å². The van der Waals surface area contributed by atoms with Crippen molar-refractivity contribution in [1.82, 2.24) is 0 Å². The summed E-state index contributed by atoms with van der Waals surface area (Å²) in [6.45, 7) is 0. The highest BCUT2D eigenvalue weighted by Crippen LogP contribution is 2.39. The monoisotopic (exact) mass is 208 g/mol. The average Bonchev–Trinajstić information content (AvgIpc) is 2.95. The Bertz CT molecular complexity index is 314. The first kappa shape index (κ1) is 10.6. The summed E-state index contributed by atoms with van der Waals surface area (Å²) in [5, 5.41) is 9.61. The predicted octanol–water partition coefficient (Wildman–Crippen LogP) is 3.06. The first-order valence-corrected chi connectivity index (χ1v) is 5.65. The molecule has 0 radical (unpaired) electrons. The van der Waals surface area contributed by atoms with E-state index in [0.29, 0.717) is 0 Å². The minimum atomic E-state index is -0.317. The molecule has 0 amide bonds. The van der Waals surface area contributed by atoms with Crippen LogP contribution in [0.15, 0.2) is 24.3 Å². The Hall–Kier alpha value is -0.890. The molecule has 0 aromatic heterocycles. The third-order valence-corrected chi connectivity index (χ3v) is 3.10. The molecule has 1 aliphatic carbocycles. The van der Waals surface area contributed by atoms with E-state index in [1.165, 1.54) is 17.7 Å². The number of aliphatic hydroxyl groups is 1. The lowest BCUT2D eigenvalue weighted by Crippen LogP contribution is -2.05. The number of hydrogen-bond acceptors (Lipinski definition) is 1. The Labute approximate surface area is 89.9 Å². The molecule has 2 heteroatoms. The van der Waals surface area contributed by atoms with E-state index in [1.807, 2.05) is 12.1 Å². The predicted molar refractivity (Wildman–Crippen MR) is 58.1 cm³/mol. The average molecular weight is 208 g/mol. The smallest absolute Gasteiger partial charge is 0.123 e. The fourth-order valence-electron chi connectivity index (χ4n) is 1.83. The van der Waals surface area contributed by atoms with Crippen molar-refractivity contribution in [3.8, 4) is 0 Å². The molecule has 0 atom stereocenters. The zero-order valence-electron chi connectivity index (χ0n) is 8.88. The SMILES string of the molecule is OC1(CCCCc2ccc(F)cc2)CC1. The van der Waals surface area contributed by atoms with Gasteiger partial charge < -0.3 is 5.11 Å². The fraction of sp³-hybridized carbons (Fsp3) is 0.538. The van der Waals surface area contributed by atoms with Gasteiger partial charge in [0.25, 0.3) is 0 Å². The molecular formula is C13H17FO. The maximum atomic E-state index is 12.6. The molecule has 1 saturated carbocycles. The molecule has 0 heterocycles. The lowest BCUT2D eigenvalue weighted by molar-refractivity contribution is 0.136. The molecule has 0 bridgehead atoms. The second-order valence-corrected chi connectivity index (χ2v) is 4.56. The van der Waals surface area contributed by atoms with Gasteiger partial charge in [0.15, 0.2) is 0 Å². The van der Waals surface area contributed by atoms with E-state index >= 15 is 0 Å². The van der Waals surface area contributed by atoms with Crippen LogP contribution in [0, 0.1) is 5.82 Å². The van der Waals surface area contributed by atoms with Crippen LogP contribution < -0.4 is 0 Å². The van der Waals surface area contributed by atoms with Crippen LogP contribution in [0.1, 0.15) is 37.7 Å². The molecule has 1 nitrogen and oxygen atoms in total. The van der Waals surface area contributed by atoms with Gasteiger partial charge in [0.1, 0.15) is 5.82 Å². The van der Waals surface area contributed by atoms with Crippen molar-refractivity contribution >= 4 is 0 Å². The molecule has 1 N–H and O–H groups in total. The van der Waals surface area contributed by atoms with Crippen LogP contribution in [0.25, 0.3) is 0 Å². The van der Waals surface area contributed by atoms with Gasteiger partial charge in [-0.2, -0.15) is 0 Å². The third-order valence-electron chi connectivity index (χ3n) is 3.10. The van der Waals surface area contributed by atoms with Crippen molar-refractivity contribution in [2.45, 2.75) is 44.1 Å². The van der Waals surface area contributed by atoms with Gasteiger partial charge in [0.2, 0.25) is 0 Å². The second-order valence-electron chi connectivity index (χ2n) is 4.56. The Morgan fingerprint density at radius 1 is 1.13 bits per heavy atom. The summed E-state index contributed by atoms with van der Waals surface area (Å²) < 4.78 is 12.6. The van der Waals surface area contributed by atoms with Crippen LogP contribution in [-0.4, -0.2) is 10.7 Å². The van der Waals surface area contributed by atoms with Gasteiger partial charge in [0, 0.05) is 0 Å². The Balaban J connectivity index is 1.67. The van der Waals surface area contributed by atoms with Crippen LogP contribution in [0.2, 0.25) is 0 Å². The molecule has 1 fully saturated rings. The van der Waals surface area contributed by atoms with Crippen molar-refractivity contribution in [3.63, 3.8) is 0 Å². The molecule has 0 saturated heterocycles. The number of benzene rings is 1. The van der Waals surface area contributed by atoms with Gasteiger partial charge in [-0.25, -0.2) is 4.39 Å². The van der Waals surface area contributed by atoms with Gasteiger partial charge in [-0.1, -0.05) is 18.6 Å². The van der Waals surface area contributed by atoms with Gasteiger partial charge in [-0.05, 0) is 49.8 Å². The van der Waals surface area contributed by atoms with E-state index < -0.39 is 0 Å². The Morgan fingerprint density at radius 3 is 2.40 bits per heavy atom. The van der Waals surface area contributed by atoms with Gasteiger partial charge in [0.05, 0.1) is 5.60 Å². The van der Waals surface area contributed by atoms with Crippen molar-refractivity contribution in [2.24, 2.45) is 0 Å². The summed E-state index contributed by atoms with van der Waals surface area (Å²) in [5.41, 5.74) is 0.863. The first-order valence-electron chi connectivity index (χ1n) is 5.65. The minimum absolute atomic E-state index is 0.175. The lowest BCUT2D eigenvalue weighted by atomic mass is 10.0. The largest absolute Gasteiger partial charge is 0.390 e. The third kappa shape index (κ3) is 3.31. The number of aryl methyl sites for hydroxylation is 1. The zero-order chi connectivity index (χ0) is 10.7. The van der Waals surface area contributed by atoms with Gasteiger partial charge >= 0.3 is 0 Å². The van der Waals surface area contributed by atoms with Gasteiger partial charge in [-0.15, -0.1) is 0 Å². The molecular weight excluding hydrogens is 191 g/mol. The molecule has 0 unspecified atom stereocenters. The summed E-state index contributed by atoms with van der Waals surface area (Å²) in [7, 11) is 0. The van der Waals surface area contributed by atoms with Gasteiger partial charge in [-0.3, -0.25) is 0 Å². The summed E-state index contributed by atoms with van der Waals surface area (Å²) in [6, 6.07) is 6.68. The van der Waals surface area contributed by atoms with E-state index in [4.69, 9.17) is 0 Å². The molecule has 0 aliphatic heterocycles. The Kier molecular flexibility index (Phi) is 3.06. The normalized spacial score (nSPS) is 17.7. The number of unbranched alkanes of at least 4 members (excludes halogenated alkanes) is 1. The maximum absolute atomic E-state index is 12.6. The minimum Gasteiger partial charge on any atom is -0.390 e. The summed E-state index contributed by atoms with van der Waals surface area (Å²) in [4.78, 5) is 0. The van der Waals surface area contributed by atoms with Crippen LogP contribution in [-0.2, 0) is 6.42 Å². The highest BCUT2D eigenvalue weighted by molar-refractivity contribution is 5.15. The summed E-state index contributed by atoms with van der Waals surface area (Å²) >= 11 is 0. The molecule has 2 rings (SSSR count). The summed E-state index contributed by atoms with van der Waals surface area (Å²) in [5.74, 6) is -0.175. The Morgan fingerprint density at radius 2 is 1.80 bits per heavy atom. The lowest BCUT2D eigenvalue weighted by Gasteiger charge is -2.06. The summed E-state index contributed by atoms with van der Waals surface area (Å²) in [6.07, 6.45) is 6.00. The van der Waals surface area contributed by atoms with Crippen LogP contribution in [0.3, 0.4) is 0 Å². The van der Waals surface area contributed by atoms with Crippen molar-refractivity contribution in [1.29, 1.82) is 0 Å². The van der Waals surface area contributed by atoms with E-state index in [1.54, 1.807) is 0 Å². The van der Waals surface area contributed by atoms with Crippen molar-refractivity contribution < 1.29 is 9.50 Å². The van der Waals surface area contributed by atoms with Crippen LogP contribution >= 0.6 is 0 Å². The number of rotatable bonds is 5. The molecule has 1 aliphatic rings. The van der Waals surface area contributed by atoms with Crippen molar-refractivity contribution in [3.05, 3.63) is 35.6 Å². The quantitative estimate of drug-likeness (QED) is 0.737. The molecule has 15 heavy (non-hydrogen) atoms. The van der Waals surface area contributed by atoms with Crippen LogP contribution in [0.5, 0.6) is 0 Å². The van der Waals surface area contributed by atoms with Crippen LogP contribution in [0.4, 0.5) is 4.39 Å². The van der Waals surface area contributed by atoms with E-state index in [9.17, 15) is 9.50 Å². The highest BCUT2D eigenvalue weighted by atomic mass is 19.1. The second kappa shape index (κ2) is 4.31. The first-order chi connectivity index (χ1) is 7.18. The molecule has 0 spiro atoms.